The van der Waals surface area contributed by atoms with Crippen molar-refractivity contribution in [1.82, 2.24) is 0 Å². The first kappa shape index (κ1) is 12.9. The van der Waals surface area contributed by atoms with E-state index in [-0.39, 0.29) is 6.29 Å². The van der Waals surface area contributed by atoms with Gasteiger partial charge in [-0.2, -0.15) is 0 Å². The minimum Gasteiger partial charge on any atom is -0.464 e. The second-order valence-electron chi connectivity index (χ2n) is 3.99. The SMILES string of the molecule is C=C/C=C(\C=C/CC)c1cc(C2OCCO2)co1. The van der Waals surface area contributed by atoms with Crippen LogP contribution in [-0.4, -0.2) is 13.2 Å². The van der Waals surface area contributed by atoms with Crippen LogP contribution in [0.1, 0.15) is 31.0 Å². The van der Waals surface area contributed by atoms with Gasteiger partial charge in [0.25, 0.3) is 0 Å². The second-order valence-corrected chi connectivity index (χ2v) is 3.99. The summed E-state index contributed by atoms with van der Waals surface area (Å²) in [5.41, 5.74) is 1.92. The van der Waals surface area contributed by atoms with Crippen molar-refractivity contribution in [3.63, 3.8) is 0 Å². The van der Waals surface area contributed by atoms with E-state index >= 15 is 0 Å². The normalized spacial score (nSPS) is 17.7. The molecule has 0 atom stereocenters. The first-order chi connectivity index (χ1) is 8.85. The quantitative estimate of drug-likeness (QED) is 0.739. The molecule has 0 aromatic carbocycles. The number of hydrogen-bond acceptors (Lipinski definition) is 3. The third-order valence-electron chi connectivity index (χ3n) is 2.63. The molecule has 2 heterocycles. The van der Waals surface area contributed by atoms with Crippen molar-refractivity contribution in [3.8, 4) is 0 Å². The number of rotatable bonds is 5. The Hall–Kier alpha value is -1.58. The summed E-state index contributed by atoms with van der Waals surface area (Å²) in [6.07, 6.45) is 10.2. The number of furan rings is 1. The molecule has 2 rings (SSSR count). The Morgan fingerprint density at radius 3 is 2.89 bits per heavy atom. The fourth-order valence-corrected chi connectivity index (χ4v) is 1.77. The highest BCUT2D eigenvalue weighted by Gasteiger charge is 2.20. The first-order valence-corrected chi connectivity index (χ1v) is 6.16. The van der Waals surface area contributed by atoms with Crippen molar-refractivity contribution in [2.75, 3.05) is 13.2 Å². The molecule has 1 saturated heterocycles. The van der Waals surface area contributed by atoms with E-state index in [2.05, 4.69) is 19.6 Å². The van der Waals surface area contributed by atoms with E-state index in [1.54, 1.807) is 12.3 Å². The molecule has 0 bridgehead atoms. The van der Waals surface area contributed by atoms with Gasteiger partial charge < -0.3 is 13.9 Å². The van der Waals surface area contributed by atoms with E-state index in [0.717, 1.165) is 23.3 Å². The molecule has 96 valence electrons. The van der Waals surface area contributed by atoms with Crippen LogP contribution in [0, 0.1) is 0 Å². The predicted octanol–water partition coefficient (Wildman–Crippen LogP) is 3.86. The highest BCUT2D eigenvalue weighted by molar-refractivity contribution is 5.72. The van der Waals surface area contributed by atoms with Gasteiger partial charge in [-0.3, -0.25) is 0 Å². The minimum atomic E-state index is -0.289. The summed E-state index contributed by atoms with van der Waals surface area (Å²) in [4.78, 5) is 0. The number of allylic oxidation sites excluding steroid dienone is 5. The van der Waals surface area contributed by atoms with E-state index < -0.39 is 0 Å². The van der Waals surface area contributed by atoms with Crippen LogP contribution in [0.15, 0.2) is 47.6 Å². The van der Waals surface area contributed by atoms with E-state index in [0.29, 0.717) is 13.2 Å². The van der Waals surface area contributed by atoms with Crippen LogP contribution in [0.3, 0.4) is 0 Å². The highest BCUT2D eigenvalue weighted by Crippen LogP contribution is 2.28. The van der Waals surface area contributed by atoms with Crippen LogP contribution < -0.4 is 0 Å². The first-order valence-electron chi connectivity index (χ1n) is 6.16. The topological polar surface area (TPSA) is 31.6 Å². The van der Waals surface area contributed by atoms with Crippen LogP contribution in [0.4, 0.5) is 0 Å². The molecule has 0 N–H and O–H groups in total. The maximum atomic E-state index is 5.56. The summed E-state index contributed by atoms with van der Waals surface area (Å²) in [6.45, 7) is 7.08. The molecule has 3 heteroatoms. The molecule has 18 heavy (non-hydrogen) atoms. The molecule has 3 nitrogen and oxygen atoms in total. The zero-order valence-electron chi connectivity index (χ0n) is 10.6. The van der Waals surface area contributed by atoms with Crippen molar-refractivity contribution in [2.24, 2.45) is 0 Å². The Bertz CT molecular complexity index is 448. The lowest BCUT2D eigenvalue weighted by atomic mass is 10.1. The lowest BCUT2D eigenvalue weighted by Crippen LogP contribution is -1.94. The van der Waals surface area contributed by atoms with Gasteiger partial charge in [0.1, 0.15) is 5.76 Å². The van der Waals surface area contributed by atoms with Crippen molar-refractivity contribution in [2.45, 2.75) is 19.6 Å². The smallest absolute Gasteiger partial charge is 0.187 e. The maximum Gasteiger partial charge on any atom is 0.187 e. The van der Waals surface area contributed by atoms with Gasteiger partial charge in [0.15, 0.2) is 6.29 Å². The van der Waals surface area contributed by atoms with Crippen molar-refractivity contribution < 1.29 is 13.9 Å². The summed E-state index contributed by atoms with van der Waals surface area (Å²) >= 11 is 0. The summed E-state index contributed by atoms with van der Waals surface area (Å²) in [6, 6.07) is 1.95. The summed E-state index contributed by atoms with van der Waals surface area (Å²) in [7, 11) is 0. The molecule has 0 saturated carbocycles. The van der Waals surface area contributed by atoms with Gasteiger partial charge >= 0.3 is 0 Å². The van der Waals surface area contributed by atoms with Crippen LogP contribution in [0.5, 0.6) is 0 Å². The highest BCUT2D eigenvalue weighted by atomic mass is 16.7. The molecule has 0 radical (unpaired) electrons. The van der Waals surface area contributed by atoms with Crippen LogP contribution in [0.25, 0.3) is 5.57 Å². The van der Waals surface area contributed by atoms with E-state index in [1.807, 2.05) is 18.2 Å². The van der Waals surface area contributed by atoms with E-state index in [9.17, 15) is 0 Å². The molecular weight excluding hydrogens is 228 g/mol. The van der Waals surface area contributed by atoms with Crippen molar-refractivity contribution in [3.05, 3.63) is 54.5 Å². The lowest BCUT2D eigenvalue weighted by molar-refractivity contribution is -0.0444. The Morgan fingerprint density at radius 2 is 2.22 bits per heavy atom. The molecular formula is C15H18O3. The molecule has 1 fully saturated rings. The minimum absolute atomic E-state index is 0.289. The molecule has 0 spiro atoms. The van der Waals surface area contributed by atoms with Gasteiger partial charge in [0, 0.05) is 11.1 Å². The zero-order valence-corrected chi connectivity index (χ0v) is 10.6. The number of ether oxygens (including phenoxy) is 2. The fraction of sp³-hybridized carbons (Fsp3) is 0.333. The molecule has 0 aliphatic carbocycles. The van der Waals surface area contributed by atoms with Gasteiger partial charge in [-0.1, -0.05) is 37.8 Å². The van der Waals surface area contributed by atoms with E-state index in [1.165, 1.54) is 0 Å². The Morgan fingerprint density at radius 1 is 1.44 bits per heavy atom. The third-order valence-corrected chi connectivity index (χ3v) is 2.63. The number of hydrogen-bond donors (Lipinski definition) is 0. The molecule has 0 unspecified atom stereocenters. The maximum absolute atomic E-state index is 5.56. The van der Waals surface area contributed by atoms with Gasteiger partial charge in [-0.05, 0) is 12.5 Å². The van der Waals surface area contributed by atoms with Crippen LogP contribution in [-0.2, 0) is 9.47 Å². The Labute approximate surface area is 107 Å². The lowest BCUT2D eigenvalue weighted by Gasteiger charge is -2.03. The standard InChI is InChI=1S/C15H18O3/c1-3-5-7-12(6-4-2)14-10-13(11-18-14)15-16-8-9-17-15/h4-7,10-11,15H,2-3,8-9H2,1H3/b7-5-,12-6+. The summed E-state index contributed by atoms with van der Waals surface area (Å²) in [5, 5.41) is 0. The van der Waals surface area contributed by atoms with Crippen LogP contribution >= 0.6 is 0 Å². The largest absolute Gasteiger partial charge is 0.464 e. The summed E-state index contributed by atoms with van der Waals surface area (Å²) in [5.74, 6) is 0.800. The van der Waals surface area contributed by atoms with Gasteiger partial charge in [-0.25, -0.2) is 0 Å². The molecule has 1 aromatic rings. The van der Waals surface area contributed by atoms with Gasteiger partial charge in [-0.15, -0.1) is 0 Å². The third kappa shape index (κ3) is 3.00. The molecule has 0 amide bonds. The Kier molecular flexibility index (Phi) is 4.56. The van der Waals surface area contributed by atoms with Crippen LogP contribution in [0.2, 0.25) is 0 Å². The second kappa shape index (κ2) is 6.38. The van der Waals surface area contributed by atoms with Crippen molar-refractivity contribution in [1.29, 1.82) is 0 Å². The molecule has 1 aliphatic heterocycles. The van der Waals surface area contributed by atoms with Crippen molar-refractivity contribution >= 4 is 5.57 Å². The Balaban J connectivity index is 2.18. The molecule has 1 aliphatic rings. The van der Waals surface area contributed by atoms with E-state index in [4.69, 9.17) is 13.9 Å². The fourth-order valence-electron chi connectivity index (χ4n) is 1.77. The predicted molar refractivity (Wildman–Crippen MR) is 71.0 cm³/mol. The average Bonchev–Trinajstić information content (AvgIpc) is 3.03. The zero-order chi connectivity index (χ0) is 12.8. The van der Waals surface area contributed by atoms with Gasteiger partial charge in [0.05, 0.1) is 19.5 Å². The monoisotopic (exact) mass is 246 g/mol. The molecule has 1 aromatic heterocycles. The summed E-state index contributed by atoms with van der Waals surface area (Å²) < 4.78 is 16.4. The average molecular weight is 246 g/mol. The van der Waals surface area contributed by atoms with Gasteiger partial charge in [0.2, 0.25) is 0 Å².